The highest BCUT2D eigenvalue weighted by Gasteiger charge is 2.33. The molecular formula is C14H24N2O3S2. The highest BCUT2D eigenvalue weighted by atomic mass is 32.2. The van der Waals surface area contributed by atoms with Crippen LogP contribution in [0.5, 0.6) is 0 Å². The van der Waals surface area contributed by atoms with Crippen LogP contribution in [0.1, 0.15) is 30.2 Å². The van der Waals surface area contributed by atoms with E-state index in [1.54, 1.807) is 4.31 Å². The lowest BCUT2D eigenvalue weighted by atomic mass is 10.1. The third kappa shape index (κ3) is 3.65. The van der Waals surface area contributed by atoms with Gasteiger partial charge in [-0.15, -0.1) is 11.3 Å². The average molecular weight is 332 g/mol. The Morgan fingerprint density at radius 3 is 2.95 bits per heavy atom. The number of sulfonamides is 1. The Hall–Kier alpha value is -0.470. The Bertz CT molecular complexity index is 567. The third-order valence-electron chi connectivity index (χ3n) is 3.67. The van der Waals surface area contributed by atoms with Crippen molar-refractivity contribution in [2.75, 3.05) is 26.7 Å². The number of hydrogen-bond donors (Lipinski definition) is 1. The fourth-order valence-corrected chi connectivity index (χ4v) is 6.02. The topological polar surface area (TPSA) is 58.6 Å². The Labute approximate surface area is 131 Å². The molecule has 0 aliphatic carbocycles. The van der Waals surface area contributed by atoms with Crippen LogP contribution in [0.4, 0.5) is 0 Å². The minimum absolute atomic E-state index is 0.0187. The van der Waals surface area contributed by atoms with Crippen LogP contribution in [0.3, 0.4) is 0 Å². The fraction of sp³-hybridized carbons (Fsp3) is 0.714. The van der Waals surface area contributed by atoms with Crippen molar-refractivity contribution in [1.82, 2.24) is 9.62 Å². The maximum Gasteiger partial charge on any atom is 0.244 e. The van der Waals surface area contributed by atoms with Crippen LogP contribution in [0, 0.1) is 6.92 Å². The standard InChI is InChI=1S/C14H24N2O3S2/c1-4-19-12-6-5-7-16(9-12)21(17,18)14-11(2)10-20-13(14)8-15-3/h10,12,15H,4-9H2,1-3H3. The normalized spacial score (nSPS) is 20.8. The first kappa shape index (κ1) is 16.9. The zero-order chi connectivity index (χ0) is 15.5. The molecule has 21 heavy (non-hydrogen) atoms. The van der Waals surface area contributed by atoms with Crippen molar-refractivity contribution in [3.8, 4) is 0 Å². The first-order chi connectivity index (χ1) is 10.0. The minimum atomic E-state index is -3.43. The summed E-state index contributed by atoms with van der Waals surface area (Å²) in [5, 5.41) is 4.96. The van der Waals surface area contributed by atoms with Gasteiger partial charge in [-0.25, -0.2) is 8.42 Å². The van der Waals surface area contributed by atoms with Gasteiger partial charge in [0.1, 0.15) is 4.90 Å². The highest BCUT2D eigenvalue weighted by molar-refractivity contribution is 7.89. The molecule has 0 saturated carbocycles. The van der Waals surface area contributed by atoms with Crippen LogP contribution in [0.2, 0.25) is 0 Å². The van der Waals surface area contributed by atoms with Gasteiger partial charge in [0, 0.05) is 31.1 Å². The van der Waals surface area contributed by atoms with Crippen molar-refractivity contribution in [3.05, 3.63) is 15.8 Å². The second-order valence-corrected chi connectivity index (χ2v) is 8.12. The lowest BCUT2D eigenvalue weighted by molar-refractivity contribution is 0.0265. The summed E-state index contributed by atoms with van der Waals surface area (Å²) in [4.78, 5) is 1.37. The molecule has 120 valence electrons. The van der Waals surface area contributed by atoms with Gasteiger partial charge < -0.3 is 10.1 Å². The van der Waals surface area contributed by atoms with E-state index < -0.39 is 10.0 Å². The van der Waals surface area contributed by atoms with Gasteiger partial charge in [0.2, 0.25) is 10.0 Å². The van der Waals surface area contributed by atoms with Crippen molar-refractivity contribution < 1.29 is 13.2 Å². The molecule has 5 nitrogen and oxygen atoms in total. The molecule has 0 spiro atoms. The summed E-state index contributed by atoms with van der Waals surface area (Å²) in [6, 6.07) is 0. The van der Waals surface area contributed by atoms with Gasteiger partial charge in [-0.3, -0.25) is 0 Å². The Morgan fingerprint density at radius 2 is 2.29 bits per heavy atom. The Morgan fingerprint density at radius 1 is 1.52 bits per heavy atom. The van der Waals surface area contributed by atoms with E-state index >= 15 is 0 Å². The molecule has 2 rings (SSSR count). The van der Waals surface area contributed by atoms with Gasteiger partial charge in [-0.05, 0) is 44.7 Å². The van der Waals surface area contributed by atoms with Gasteiger partial charge in [0.25, 0.3) is 0 Å². The Kier molecular flexibility index (Phi) is 5.79. The van der Waals surface area contributed by atoms with Crippen LogP contribution in [0.25, 0.3) is 0 Å². The van der Waals surface area contributed by atoms with E-state index in [1.165, 1.54) is 11.3 Å². The quantitative estimate of drug-likeness (QED) is 0.865. The van der Waals surface area contributed by atoms with E-state index in [1.807, 2.05) is 26.3 Å². The molecule has 1 aromatic rings. The van der Waals surface area contributed by atoms with E-state index in [9.17, 15) is 8.42 Å². The van der Waals surface area contributed by atoms with Crippen molar-refractivity contribution in [2.24, 2.45) is 0 Å². The van der Waals surface area contributed by atoms with Crippen LogP contribution >= 0.6 is 11.3 Å². The highest BCUT2D eigenvalue weighted by Crippen LogP contribution is 2.31. The van der Waals surface area contributed by atoms with E-state index in [4.69, 9.17) is 4.74 Å². The van der Waals surface area contributed by atoms with Crippen LogP contribution < -0.4 is 5.32 Å². The largest absolute Gasteiger partial charge is 0.377 e. The number of thiophene rings is 1. The zero-order valence-electron chi connectivity index (χ0n) is 12.9. The summed E-state index contributed by atoms with van der Waals surface area (Å²) in [5.74, 6) is 0. The summed E-state index contributed by atoms with van der Waals surface area (Å²) in [5.41, 5.74) is 0.837. The molecule has 1 fully saturated rings. The number of ether oxygens (including phenoxy) is 1. The van der Waals surface area contributed by atoms with E-state index in [2.05, 4.69) is 5.32 Å². The number of piperidine rings is 1. The number of nitrogens with zero attached hydrogens (tertiary/aromatic N) is 1. The maximum atomic E-state index is 13.0. The molecule has 1 aliphatic heterocycles. The second-order valence-electron chi connectivity index (χ2n) is 5.28. The first-order valence-electron chi connectivity index (χ1n) is 7.34. The lowest BCUT2D eigenvalue weighted by Crippen LogP contribution is -2.43. The van der Waals surface area contributed by atoms with Crippen LogP contribution in [-0.4, -0.2) is 45.6 Å². The predicted molar refractivity (Wildman–Crippen MR) is 85.2 cm³/mol. The molecule has 0 aromatic carbocycles. The maximum absolute atomic E-state index is 13.0. The summed E-state index contributed by atoms with van der Waals surface area (Å²) in [6.45, 7) is 6.06. The molecule has 7 heteroatoms. The second kappa shape index (κ2) is 7.19. The predicted octanol–water partition coefficient (Wildman–Crippen LogP) is 1.97. The van der Waals surface area contributed by atoms with Gasteiger partial charge in [-0.1, -0.05) is 0 Å². The van der Waals surface area contributed by atoms with Crippen molar-refractivity contribution in [1.29, 1.82) is 0 Å². The SMILES string of the molecule is CCOC1CCCN(S(=O)(=O)c2c(C)csc2CNC)C1. The summed E-state index contributed by atoms with van der Waals surface area (Å²) in [7, 11) is -1.60. The molecule has 0 radical (unpaired) electrons. The molecule has 0 amide bonds. The molecule has 1 unspecified atom stereocenters. The van der Waals surface area contributed by atoms with E-state index in [0.717, 1.165) is 23.3 Å². The van der Waals surface area contributed by atoms with Crippen LogP contribution in [0.15, 0.2) is 10.3 Å². The van der Waals surface area contributed by atoms with Crippen molar-refractivity contribution in [2.45, 2.75) is 44.2 Å². The number of nitrogens with one attached hydrogen (secondary N) is 1. The average Bonchev–Trinajstić information content (AvgIpc) is 2.82. The molecular weight excluding hydrogens is 308 g/mol. The number of rotatable bonds is 6. The Balaban J connectivity index is 2.27. The molecule has 0 bridgehead atoms. The van der Waals surface area contributed by atoms with E-state index in [-0.39, 0.29) is 6.10 Å². The van der Waals surface area contributed by atoms with Gasteiger partial charge in [0.15, 0.2) is 0 Å². The smallest absolute Gasteiger partial charge is 0.244 e. The fourth-order valence-electron chi connectivity index (χ4n) is 2.74. The lowest BCUT2D eigenvalue weighted by Gasteiger charge is -2.32. The zero-order valence-corrected chi connectivity index (χ0v) is 14.5. The molecule has 2 heterocycles. The third-order valence-corrected chi connectivity index (χ3v) is 7.00. The summed E-state index contributed by atoms with van der Waals surface area (Å²) < 4.78 is 33.1. The van der Waals surface area contributed by atoms with Crippen molar-refractivity contribution >= 4 is 21.4 Å². The molecule has 1 saturated heterocycles. The van der Waals surface area contributed by atoms with Gasteiger partial charge in [-0.2, -0.15) is 4.31 Å². The minimum Gasteiger partial charge on any atom is -0.377 e. The number of aryl methyl sites for hydroxylation is 1. The van der Waals surface area contributed by atoms with Gasteiger partial charge in [0.05, 0.1) is 6.10 Å². The first-order valence-corrected chi connectivity index (χ1v) is 9.66. The molecule has 1 aromatic heterocycles. The molecule has 1 atom stereocenters. The molecule has 1 aliphatic rings. The number of hydrogen-bond acceptors (Lipinski definition) is 5. The van der Waals surface area contributed by atoms with Crippen LogP contribution in [-0.2, 0) is 21.3 Å². The molecule has 1 N–H and O–H groups in total. The summed E-state index contributed by atoms with van der Waals surface area (Å²) in [6.07, 6.45) is 1.81. The summed E-state index contributed by atoms with van der Waals surface area (Å²) >= 11 is 1.50. The van der Waals surface area contributed by atoms with E-state index in [0.29, 0.717) is 31.1 Å². The van der Waals surface area contributed by atoms with Crippen molar-refractivity contribution in [3.63, 3.8) is 0 Å². The van der Waals surface area contributed by atoms with Gasteiger partial charge >= 0.3 is 0 Å². The monoisotopic (exact) mass is 332 g/mol.